The van der Waals surface area contributed by atoms with Crippen LogP contribution in [0.4, 0.5) is 30.7 Å². The van der Waals surface area contributed by atoms with Crippen LogP contribution < -0.4 is 0 Å². The maximum atomic E-state index is 11.9. The topological polar surface area (TPSA) is 57.9 Å². The first kappa shape index (κ1) is 15.8. The summed E-state index contributed by atoms with van der Waals surface area (Å²) in [7, 11) is 0. The van der Waals surface area contributed by atoms with E-state index in [0.717, 1.165) is 0 Å². The van der Waals surface area contributed by atoms with Gasteiger partial charge in [0.2, 0.25) is 0 Å². The maximum Gasteiger partial charge on any atom is 0.445 e. The van der Waals surface area contributed by atoms with Crippen LogP contribution in [-0.4, -0.2) is 24.2 Å². The van der Waals surface area contributed by atoms with Gasteiger partial charge in [-0.3, -0.25) is 0 Å². The molecule has 0 spiro atoms. The number of hydrogen-bond acceptors (Lipinski definition) is 3. The Labute approximate surface area is 77.1 Å². The van der Waals surface area contributed by atoms with Gasteiger partial charge >= 0.3 is 24.2 Å². The van der Waals surface area contributed by atoms with Gasteiger partial charge in [0.15, 0.2) is 0 Å². The van der Waals surface area contributed by atoms with E-state index in [2.05, 4.69) is 0 Å². The quantitative estimate of drug-likeness (QED) is 0.605. The summed E-state index contributed by atoms with van der Waals surface area (Å²) in [5.74, 6) is 0. The Morgan fingerprint density at radius 1 is 0.800 bits per heavy atom. The molecule has 0 saturated heterocycles. The minimum Gasteiger partial charge on any atom is -0.207 e. The summed E-state index contributed by atoms with van der Waals surface area (Å²) in [5, 5.41) is 7.39. The lowest BCUT2D eigenvalue weighted by atomic mass is 10.1. The fourth-order valence-corrected chi connectivity index (χ4v) is 0.287. The maximum absolute atomic E-state index is 11.9. The molecule has 3 nitrogen and oxygen atoms in total. The van der Waals surface area contributed by atoms with Crippen LogP contribution in [0.25, 0.3) is 0 Å². The number of carbonyl (C=O) groups excluding carboxylic acids is 2. The second kappa shape index (κ2) is 4.75. The predicted molar refractivity (Wildman–Crippen MR) is 26.6 cm³/mol. The lowest BCUT2D eigenvalue weighted by molar-refractivity contribution is -0.318. The molecule has 0 rings (SSSR count). The van der Waals surface area contributed by atoms with Crippen molar-refractivity contribution in [2.24, 2.45) is 0 Å². The van der Waals surface area contributed by atoms with Gasteiger partial charge in [-0.1, -0.05) is 0 Å². The van der Waals surface area contributed by atoms with Gasteiger partial charge in [0, 0.05) is 0 Å². The molecule has 0 fully saturated rings. The van der Waals surface area contributed by atoms with Gasteiger partial charge in [0.1, 0.15) is 6.07 Å². The van der Waals surface area contributed by atoms with Crippen molar-refractivity contribution < 1.29 is 40.3 Å². The van der Waals surface area contributed by atoms with Crippen LogP contribution >= 0.6 is 0 Å². The highest BCUT2D eigenvalue weighted by Gasteiger charge is 2.73. The van der Waals surface area contributed by atoms with Gasteiger partial charge in [0.05, 0.1) is 0 Å². The van der Waals surface area contributed by atoms with E-state index in [1.165, 1.54) is 0 Å². The molecule has 86 valence electrons. The van der Waals surface area contributed by atoms with E-state index in [9.17, 15) is 30.7 Å². The van der Waals surface area contributed by atoms with Crippen LogP contribution in [0.5, 0.6) is 0 Å². The average molecular weight is 239 g/mol. The summed E-state index contributed by atoms with van der Waals surface area (Å²) in [6.45, 7) is 0. The average Bonchev–Trinajstić information content (AvgIpc) is 2.00. The van der Waals surface area contributed by atoms with Gasteiger partial charge < -0.3 is 0 Å². The molecular weight excluding hydrogens is 239 g/mol. The summed E-state index contributed by atoms with van der Waals surface area (Å²) < 4.78 is 79.6. The summed E-state index contributed by atoms with van der Waals surface area (Å²) >= 11 is 0. The molecule has 0 aliphatic heterocycles. The third-order valence-electron chi connectivity index (χ3n) is 0.935. The lowest BCUT2D eigenvalue weighted by Gasteiger charge is -2.22. The van der Waals surface area contributed by atoms with Crippen molar-refractivity contribution in [2.75, 3.05) is 0 Å². The van der Waals surface area contributed by atoms with Gasteiger partial charge in [-0.15, -0.1) is 0 Å². The first-order valence-corrected chi connectivity index (χ1v) is 2.70. The molecule has 0 atom stereocenters. The fraction of sp³-hybridized carbons (Fsp3) is 0.600. The van der Waals surface area contributed by atoms with E-state index in [-0.39, 0.29) is 6.15 Å². The van der Waals surface area contributed by atoms with Crippen molar-refractivity contribution in [2.45, 2.75) is 18.0 Å². The van der Waals surface area contributed by atoms with Crippen LogP contribution in [-0.2, 0) is 9.59 Å². The van der Waals surface area contributed by atoms with E-state index in [1.807, 2.05) is 0 Å². The third kappa shape index (κ3) is 3.55. The van der Waals surface area contributed by atoms with Gasteiger partial charge in [0.25, 0.3) is 0 Å². The van der Waals surface area contributed by atoms with Crippen molar-refractivity contribution in [3.63, 3.8) is 0 Å². The minimum atomic E-state index is -6.26. The highest BCUT2D eigenvalue weighted by Crippen LogP contribution is 2.45. The van der Waals surface area contributed by atoms with Crippen LogP contribution in [0.15, 0.2) is 0 Å². The molecule has 15 heavy (non-hydrogen) atoms. The van der Waals surface area contributed by atoms with Crippen LogP contribution in [0.1, 0.15) is 0 Å². The van der Waals surface area contributed by atoms with Gasteiger partial charge in [-0.25, -0.2) is 4.39 Å². The summed E-state index contributed by atoms with van der Waals surface area (Å²) in [5.41, 5.74) is -5.78. The molecule has 0 aromatic heterocycles. The van der Waals surface area contributed by atoms with Crippen molar-refractivity contribution in [3.05, 3.63) is 0 Å². The Balaban J connectivity index is 0. The van der Waals surface area contributed by atoms with Crippen LogP contribution in [0.2, 0.25) is 0 Å². The Kier molecular flexibility index (Phi) is 5.01. The molecule has 0 radical (unpaired) electrons. The SMILES string of the molecule is N#CC(F)(C(F)(F)F)C(F)(F)F.O=C=O. The Hall–Kier alpha value is -1.62. The smallest absolute Gasteiger partial charge is 0.207 e. The highest BCUT2D eigenvalue weighted by atomic mass is 19.4. The Morgan fingerprint density at radius 3 is 1.00 bits per heavy atom. The molecule has 0 heterocycles. The van der Waals surface area contributed by atoms with E-state index in [0.29, 0.717) is 0 Å². The minimum absolute atomic E-state index is 0.250. The zero-order chi connectivity index (χ0) is 12.9. The fourth-order valence-electron chi connectivity index (χ4n) is 0.287. The second-order valence-corrected chi connectivity index (χ2v) is 1.85. The summed E-state index contributed by atoms with van der Waals surface area (Å²) in [4.78, 5) is 16.2. The van der Waals surface area contributed by atoms with Gasteiger partial charge in [-0.05, 0) is 0 Å². The second-order valence-electron chi connectivity index (χ2n) is 1.85. The largest absolute Gasteiger partial charge is 0.445 e. The van der Waals surface area contributed by atoms with Crippen molar-refractivity contribution in [1.29, 1.82) is 5.26 Å². The Bertz CT molecular complexity index is 265. The summed E-state index contributed by atoms with van der Waals surface area (Å²) in [6.07, 6.45) is -12.3. The molecule has 0 amide bonds. The monoisotopic (exact) mass is 239 g/mol. The molecule has 0 N–H and O–H groups in total. The normalized spacial score (nSPS) is 11.9. The predicted octanol–water partition coefficient (Wildman–Crippen LogP) is 1.76. The Morgan fingerprint density at radius 2 is 1.00 bits per heavy atom. The first-order valence-electron chi connectivity index (χ1n) is 2.70. The third-order valence-corrected chi connectivity index (χ3v) is 0.935. The van der Waals surface area contributed by atoms with Crippen molar-refractivity contribution >= 4 is 6.15 Å². The van der Waals surface area contributed by atoms with Crippen LogP contribution in [0, 0.1) is 11.3 Å². The standard InChI is InChI=1S/C4F7N.CO2/c5-2(1-12,3(6,7)8)4(9,10)11;2-1-3. The number of halogens is 7. The molecule has 0 aromatic rings. The number of nitriles is 1. The first-order chi connectivity index (χ1) is 6.47. The van der Waals surface area contributed by atoms with Crippen LogP contribution in [0.3, 0.4) is 0 Å². The summed E-state index contributed by atoms with van der Waals surface area (Å²) in [6, 6.07) is -0.458. The van der Waals surface area contributed by atoms with Crippen molar-refractivity contribution in [1.82, 2.24) is 0 Å². The highest BCUT2D eigenvalue weighted by molar-refractivity contribution is 5.20. The lowest BCUT2D eigenvalue weighted by Crippen LogP contribution is -2.51. The number of alkyl halides is 7. The molecule has 10 heteroatoms. The zero-order valence-corrected chi connectivity index (χ0v) is 6.41. The molecule has 0 aliphatic rings. The molecule has 0 unspecified atom stereocenters. The van der Waals surface area contributed by atoms with E-state index < -0.39 is 24.1 Å². The molecule has 0 saturated carbocycles. The molecule has 0 aromatic carbocycles. The molecular formula is C5F7NO2. The number of nitrogens with zero attached hydrogens (tertiary/aromatic N) is 1. The molecule has 0 bridgehead atoms. The van der Waals surface area contributed by atoms with Crippen molar-refractivity contribution in [3.8, 4) is 6.07 Å². The van der Waals surface area contributed by atoms with E-state index in [1.54, 1.807) is 0 Å². The van der Waals surface area contributed by atoms with E-state index >= 15 is 0 Å². The molecule has 0 aliphatic carbocycles. The zero-order valence-electron chi connectivity index (χ0n) is 6.41. The number of hydrogen-bond donors (Lipinski definition) is 0. The number of rotatable bonds is 0. The van der Waals surface area contributed by atoms with E-state index in [4.69, 9.17) is 14.9 Å². The van der Waals surface area contributed by atoms with Gasteiger partial charge in [-0.2, -0.15) is 41.2 Å².